The number of aromatic nitrogens is 3. The summed E-state index contributed by atoms with van der Waals surface area (Å²) < 4.78 is 1.64. The van der Waals surface area contributed by atoms with Crippen molar-refractivity contribution in [3.8, 4) is 16.4 Å². The Morgan fingerprint density at radius 1 is 1.11 bits per heavy atom. The van der Waals surface area contributed by atoms with Crippen LogP contribution in [-0.4, -0.2) is 49.2 Å². The van der Waals surface area contributed by atoms with Crippen molar-refractivity contribution in [1.82, 2.24) is 19.7 Å². The van der Waals surface area contributed by atoms with Gasteiger partial charge in [-0.05, 0) is 42.8 Å². The Hall–Kier alpha value is -3.00. The number of likely N-dealkylation sites (tertiary alicyclic amines) is 1. The van der Waals surface area contributed by atoms with E-state index in [1.807, 2.05) is 47.8 Å². The molecule has 3 heterocycles. The van der Waals surface area contributed by atoms with E-state index in [4.69, 9.17) is 0 Å². The Morgan fingerprint density at radius 3 is 2.63 bits per heavy atom. The summed E-state index contributed by atoms with van der Waals surface area (Å²) in [5.41, 5.74) is 0.792. The van der Waals surface area contributed by atoms with Gasteiger partial charge in [0.05, 0.1) is 10.6 Å². The number of carboxylic acid groups (broad SMARTS) is 1. The lowest BCUT2D eigenvalue weighted by Gasteiger charge is -2.31. The zero-order valence-electron chi connectivity index (χ0n) is 14.5. The van der Waals surface area contributed by atoms with Crippen LogP contribution in [0.15, 0.2) is 47.8 Å². The number of carboxylic acids is 1. The van der Waals surface area contributed by atoms with E-state index in [1.165, 1.54) is 16.2 Å². The average molecular weight is 382 g/mol. The van der Waals surface area contributed by atoms with Crippen LogP contribution in [0.25, 0.3) is 16.4 Å². The van der Waals surface area contributed by atoms with Gasteiger partial charge in [-0.25, -0.2) is 14.5 Å². The van der Waals surface area contributed by atoms with Crippen molar-refractivity contribution < 1.29 is 14.7 Å². The first-order valence-corrected chi connectivity index (χ1v) is 9.63. The summed E-state index contributed by atoms with van der Waals surface area (Å²) in [6.45, 7) is 0.407. The molecule has 1 aliphatic rings. The summed E-state index contributed by atoms with van der Waals surface area (Å²) in [5.74, 6) is -0.822. The number of para-hydroxylation sites is 1. The van der Waals surface area contributed by atoms with Gasteiger partial charge < -0.3 is 10.0 Å². The van der Waals surface area contributed by atoms with E-state index >= 15 is 0 Å². The second kappa shape index (κ2) is 7.32. The SMILES string of the molecule is O=C(O)C1CCCCN1C(=O)c1nc(-c2cccs2)n(-c2ccccc2)n1. The Bertz CT molecular complexity index is 953. The number of carbonyl (C=O) groups is 2. The molecule has 3 aromatic rings. The third-order valence-electron chi connectivity index (χ3n) is 4.59. The molecule has 1 amide bonds. The maximum atomic E-state index is 13.0. The molecule has 1 fully saturated rings. The number of hydrogen-bond donors (Lipinski definition) is 1. The summed E-state index contributed by atoms with van der Waals surface area (Å²) in [6, 6.07) is 12.5. The highest BCUT2D eigenvalue weighted by Gasteiger charge is 2.34. The molecule has 7 nitrogen and oxygen atoms in total. The normalized spacial score (nSPS) is 17.0. The Balaban J connectivity index is 1.75. The lowest BCUT2D eigenvalue weighted by atomic mass is 10.0. The standard InChI is InChI=1S/C19H18N4O3S/c24-18(22-11-5-4-9-14(22)19(25)26)16-20-17(15-10-6-12-27-15)23(21-16)13-7-2-1-3-8-13/h1-3,6-8,10,12,14H,4-5,9,11H2,(H,25,26). The molecular weight excluding hydrogens is 364 g/mol. The molecule has 0 spiro atoms. The van der Waals surface area contributed by atoms with Crippen molar-refractivity contribution in [2.24, 2.45) is 0 Å². The van der Waals surface area contributed by atoms with Gasteiger partial charge >= 0.3 is 5.97 Å². The highest BCUT2D eigenvalue weighted by atomic mass is 32.1. The van der Waals surface area contributed by atoms with E-state index in [0.717, 1.165) is 23.4 Å². The molecule has 1 aliphatic heterocycles. The van der Waals surface area contributed by atoms with Crippen LogP contribution in [0.4, 0.5) is 0 Å². The molecule has 0 aliphatic carbocycles. The molecule has 0 radical (unpaired) electrons. The van der Waals surface area contributed by atoms with Crippen LogP contribution in [0.2, 0.25) is 0 Å². The van der Waals surface area contributed by atoms with Crippen molar-refractivity contribution in [3.05, 3.63) is 53.7 Å². The monoisotopic (exact) mass is 382 g/mol. The third-order valence-corrected chi connectivity index (χ3v) is 5.46. The number of aliphatic carboxylic acids is 1. The summed E-state index contributed by atoms with van der Waals surface area (Å²) in [6.07, 6.45) is 2.04. The summed E-state index contributed by atoms with van der Waals surface area (Å²) in [4.78, 5) is 31.3. The Kier molecular flexibility index (Phi) is 4.72. The fourth-order valence-corrected chi connectivity index (χ4v) is 3.98. The van der Waals surface area contributed by atoms with Crippen molar-refractivity contribution in [2.45, 2.75) is 25.3 Å². The predicted octanol–water partition coefficient (Wildman–Crippen LogP) is 3.08. The molecule has 0 saturated carbocycles. The van der Waals surface area contributed by atoms with E-state index in [-0.39, 0.29) is 5.82 Å². The second-order valence-electron chi connectivity index (χ2n) is 6.33. The smallest absolute Gasteiger partial charge is 0.326 e. The van der Waals surface area contributed by atoms with Crippen molar-refractivity contribution >= 4 is 23.2 Å². The number of piperidine rings is 1. The van der Waals surface area contributed by atoms with E-state index in [1.54, 1.807) is 4.68 Å². The van der Waals surface area contributed by atoms with Crippen LogP contribution in [0.3, 0.4) is 0 Å². The third kappa shape index (κ3) is 3.35. The maximum Gasteiger partial charge on any atom is 0.326 e. The molecule has 8 heteroatoms. The number of carbonyl (C=O) groups excluding carboxylic acids is 1. The molecule has 2 aromatic heterocycles. The predicted molar refractivity (Wildman–Crippen MR) is 101 cm³/mol. The van der Waals surface area contributed by atoms with E-state index in [9.17, 15) is 14.7 Å². The van der Waals surface area contributed by atoms with Gasteiger partial charge in [-0.3, -0.25) is 4.79 Å². The number of benzene rings is 1. The lowest BCUT2D eigenvalue weighted by molar-refractivity contribution is -0.143. The summed E-state index contributed by atoms with van der Waals surface area (Å²) in [7, 11) is 0. The van der Waals surface area contributed by atoms with Crippen LogP contribution in [0, 0.1) is 0 Å². The van der Waals surface area contributed by atoms with E-state index in [0.29, 0.717) is 18.8 Å². The van der Waals surface area contributed by atoms with Crippen LogP contribution < -0.4 is 0 Å². The van der Waals surface area contributed by atoms with Gasteiger partial charge in [0.15, 0.2) is 5.82 Å². The number of hydrogen-bond acceptors (Lipinski definition) is 5. The second-order valence-corrected chi connectivity index (χ2v) is 7.28. The molecule has 1 saturated heterocycles. The molecule has 1 unspecified atom stereocenters. The highest BCUT2D eigenvalue weighted by molar-refractivity contribution is 7.13. The molecule has 138 valence electrons. The quantitative estimate of drug-likeness (QED) is 0.749. The van der Waals surface area contributed by atoms with Crippen molar-refractivity contribution in [1.29, 1.82) is 0 Å². The number of nitrogens with zero attached hydrogens (tertiary/aromatic N) is 4. The number of thiophene rings is 1. The zero-order valence-corrected chi connectivity index (χ0v) is 15.3. The lowest BCUT2D eigenvalue weighted by Crippen LogP contribution is -2.48. The molecule has 1 aromatic carbocycles. The fourth-order valence-electron chi connectivity index (χ4n) is 3.28. The summed E-state index contributed by atoms with van der Waals surface area (Å²) >= 11 is 1.51. The summed E-state index contributed by atoms with van der Waals surface area (Å²) in [5, 5.41) is 15.8. The first-order valence-electron chi connectivity index (χ1n) is 8.75. The van der Waals surface area contributed by atoms with Gasteiger partial charge in [0.1, 0.15) is 6.04 Å². The topological polar surface area (TPSA) is 88.3 Å². The minimum absolute atomic E-state index is 0.0235. The van der Waals surface area contributed by atoms with Crippen LogP contribution >= 0.6 is 11.3 Å². The maximum absolute atomic E-state index is 13.0. The number of rotatable bonds is 4. The molecule has 4 rings (SSSR count). The zero-order chi connectivity index (χ0) is 18.8. The highest BCUT2D eigenvalue weighted by Crippen LogP contribution is 2.26. The Morgan fingerprint density at radius 2 is 1.93 bits per heavy atom. The fraction of sp³-hybridized carbons (Fsp3) is 0.263. The van der Waals surface area contributed by atoms with Gasteiger partial charge in [0.25, 0.3) is 5.91 Å². The largest absolute Gasteiger partial charge is 0.480 e. The van der Waals surface area contributed by atoms with E-state index < -0.39 is 17.9 Å². The van der Waals surface area contributed by atoms with Crippen LogP contribution in [0.1, 0.15) is 29.9 Å². The van der Waals surface area contributed by atoms with Gasteiger partial charge in [-0.15, -0.1) is 16.4 Å². The van der Waals surface area contributed by atoms with Gasteiger partial charge in [0.2, 0.25) is 5.82 Å². The molecule has 1 atom stereocenters. The molecule has 27 heavy (non-hydrogen) atoms. The van der Waals surface area contributed by atoms with Gasteiger partial charge in [-0.1, -0.05) is 24.3 Å². The number of amides is 1. The van der Waals surface area contributed by atoms with E-state index in [2.05, 4.69) is 10.1 Å². The van der Waals surface area contributed by atoms with Crippen molar-refractivity contribution in [2.75, 3.05) is 6.54 Å². The van der Waals surface area contributed by atoms with Gasteiger partial charge in [0, 0.05) is 6.54 Å². The first-order chi connectivity index (χ1) is 13.1. The Labute approximate surface area is 159 Å². The minimum Gasteiger partial charge on any atom is -0.480 e. The average Bonchev–Trinajstić information content (AvgIpc) is 3.37. The van der Waals surface area contributed by atoms with Gasteiger partial charge in [-0.2, -0.15) is 0 Å². The van der Waals surface area contributed by atoms with Crippen LogP contribution in [0.5, 0.6) is 0 Å². The first kappa shape index (κ1) is 17.4. The molecule has 1 N–H and O–H groups in total. The van der Waals surface area contributed by atoms with Crippen LogP contribution in [-0.2, 0) is 4.79 Å². The molecule has 0 bridgehead atoms. The minimum atomic E-state index is -0.982. The molecular formula is C19H18N4O3S. The van der Waals surface area contributed by atoms with Crippen molar-refractivity contribution in [3.63, 3.8) is 0 Å².